The van der Waals surface area contributed by atoms with Crippen molar-refractivity contribution in [3.05, 3.63) is 30.0 Å². The zero-order valence-corrected chi connectivity index (χ0v) is 15.7. The van der Waals surface area contributed by atoms with Crippen LogP contribution in [0.5, 0.6) is 5.75 Å². The molecule has 4 nitrogen and oxygen atoms in total. The van der Waals surface area contributed by atoms with Gasteiger partial charge < -0.3 is 19.3 Å². The molecule has 0 aliphatic rings. The molecule has 0 amide bonds. The molecule has 0 saturated carbocycles. The molecule has 17 heavy (non-hydrogen) atoms. The van der Waals surface area contributed by atoms with Gasteiger partial charge in [0.2, 0.25) is 9.03 Å². The third-order valence-electron chi connectivity index (χ3n) is 1.94. The number of likely N-dealkylation sites (N-methyl/N-ethyl adjacent to an activating group) is 1. The molecule has 0 aromatic heterocycles. The minimum Gasteiger partial charge on any atom is -0.699 e. The van der Waals surface area contributed by atoms with Crippen LogP contribution in [0.2, 0.25) is 0 Å². The second-order valence-corrected chi connectivity index (χ2v) is 5.23. The van der Waals surface area contributed by atoms with Crippen molar-refractivity contribution in [1.82, 2.24) is 0 Å². The van der Waals surface area contributed by atoms with Gasteiger partial charge in [0, 0.05) is 31.1 Å². The van der Waals surface area contributed by atoms with Gasteiger partial charge in [0.1, 0.15) is 18.9 Å². The molecule has 1 aromatic carbocycles. The number of rotatable bonds is 6. The third-order valence-corrected chi connectivity index (χ3v) is 2.58. The molecule has 0 heterocycles. The van der Waals surface area contributed by atoms with Crippen LogP contribution in [0.4, 0.5) is 5.69 Å². The van der Waals surface area contributed by atoms with Crippen LogP contribution in [-0.4, -0.2) is 38.8 Å². The molecule has 0 spiro atoms. The fourth-order valence-electron chi connectivity index (χ4n) is 0.962. The number of nitrogens with one attached hydrogen (secondary N) is 1. The standard InChI is InChI=1S/C11H19N2O2P.U/c1-13(2,3)8-9-14-16-15-11-6-4-10(12)5-7-11;/h4-7,12,16H,8-9H2,1-3H3;. The SMILES string of the molecule is C[N+](C)(C)CCOPOc1ccc([NH-])cc1.[U]. The van der Waals surface area contributed by atoms with Gasteiger partial charge in [-0.3, -0.25) is 0 Å². The molecule has 0 aliphatic heterocycles. The van der Waals surface area contributed by atoms with Gasteiger partial charge in [-0.25, -0.2) is 0 Å². The first-order valence-electron chi connectivity index (χ1n) is 5.13. The van der Waals surface area contributed by atoms with Crippen LogP contribution in [0.25, 0.3) is 5.73 Å². The van der Waals surface area contributed by atoms with Crippen LogP contribution in [0, 0.1) is 31.1 Å². The largest absolute Gasteiger partial charge is 0.699 e. The smallest absolute Gasteiger partial charge is 0.215 e. The quantitative estimate of drug-likeness (QED) is 0.357. The molecule has 1 rings (SSSR count). The molecular formula is C11H19N2O2PU. The van der Waals surface area contributed by atoms with Gasteiger partial charge in [0.15, 0.2) is 0 Å². The van der Waals surface area contributed by atoms with E-state index in [0.717, 1.165) is 16.8 Å². The summed E-state index contributed by atoms with van der Waals surface area (Å²) in [6.45, 7) is 1.65. The molecule has 1 N–H and O–H groups in total. The Hall–Kier alpha value is 0.222. The van der Waals surface area contributed by atoms with E-state index in [9.17, 15) is 0 Å². The van der Waals surface area contributed by atoms with Crippen molar-refractivity contribution in [1.29, 1.82) is 0 Å². The normalized spacial score (nSPS) is 11.5. The summed E-state index contributed by atoms with van der Waals surface area (Å²) < 4.78 is 11.7. The third kappa shape index (κ3) is 8.88. The summed E-state index contributed by atoms with van der Waals surface area (Å²) in [5.74, 6) is 0.750. The Bertz CT molecular complexity index is 314. The Morgan fingerprint density at radius 3 is 2.29 bits per heavy atom. The first-order chi connectivity index (χ1) is 7.47. The molecule has 94 valence electrons. The van der Waals surface area contributed by atoms with Gasteiger partial charge in [0.05, 0.1) is 21.1 Å². The van der Waals surface area contributed by atoms with Crippen molar-refractivity contribution in [3.63, 3.8) is 0 Å². The van der Waals surface area contributed by atoms with Crippen molar-refractivity contribution >= 4 is 14.7 Å². The van der Waals surface area contributed by atoms with Crippen molar-refractivity contribution < 1.29 is 44.6 Å². The van der Waals surface area contributed by atoms with Crippen LogP contribution >= 0.6 is 9.03 Å². The second-order valence-electron chi connectivity index (χ2n) is 4.57. The first-order valence-corrected chi connectivity index (χ1v) is 5.95. The Kier molecular flexibility index (Phi) is 8.45. The molecule has 0 radical (unpaired) electrons. The minimum absolute atomic E-state index is 0. The summed E-state index contributed by atoms with van der Waals surface area (Å²) in [7, 11) is 6.40. The molecule has 1 unspecified atom stereocenters. The summed E-state index contributed by atoms with van der Waals surface area (Å²) in [6, 6.07) is 6.95. The van der Waals surface area contributed by atoms with Gasteiger partial charge >= 0.3 is 0 Å². The first kappa shape index (κ1) is 17.2. The maximum atomic E-state index is 7.32. The van der Waals surface area contributed by atoms with E-state index >= 15 is 0 Å². The van der Waals surface area contributed by atoms with E-state index in [0.29, 0.717) is 12.3 Å². The van der Waals surface area contributed by atoms with Gasteiger partial charge in [-0.05, 0) is 12.1 Å². The van der Waals surface area contributed by atoms with Gasteiger partial charge in [-0.15, -0.1) is 5.69 Å². The van der Waals surface area contributed by atoms with E-state index in [2.05, 4.69) is 21.1 Å². The Morgan fingerprint density at radius 1 is 1.18 bits per heavy atom. The topological polar surface area (TPSA) is 42.3 Å². The summed E-state index contributed by atoms with van der Waals surface area (Å²) in [6.07, 6.45) is 0. The summed E-state index contributed by atoms with van der Waals surface area (Å²) in [4.78, 5) is 0. The van der Waals surface area contributed by atoms with E-state index in [1.807, 2.05) is 0 Å². The van der Waals surface area contributed by atoms with Crippen LogP contribution in [0.3, 0.4) is 0 Å². The van der Waals surface area contributed by atoms with Crippen LogP contribution < -0.4 is 4.52 Å². The molecule has 0 aliphatic carbocycles. The monoisotopic (exact) mass is 480 g/mol. The van der Waals surface area contributed by atoms with Crippen LogP contribution in [-0.2, 0) is 4.52 Å². The average Bonchev–Trinajstić information content (AvgIpc) is 2.19. The van der Waals surface area contributed by atoms with Gasteiger partial charge in [-0.1, -0.05) is 12.1 Å². The summed E-state index contributed by atoms with van der Waals surface area (Å²) >= 11 is 0. The molecule has 6 heteroatoms. The number of hydrogen-bond acceptors (Lipinski definition) is 2. The minimum atomic E-state index is 0. The summed E-state index contributed by atoms with van der Waals surface area (Å²) in [5, 5.41) is 0. The molecule has 0 saturated heterocycles. The Morgan fingerprint density at radius 2 is 1.76 bits per heavy atom. The number of benzene rings is 1. The van der Waals surface area contributed by atoms with E-state index in [-0.39, 0.29) is 40.1 Å². The van der Waals surface area contributed by atoms with E-state index < -0.39 is 0 Å². The Labute approximate surface area is 129 Å². The predicted molar refractivity (Wildman–Crippen MR) is 68.2 cm³/mol. The van der Waals surface area contributed by atoms with E-state index in [1.54, 1.807) is 24.3 Å². The molecule has 1 aromatic rings. The van der Waals surface area contributed by atoms with Crippen molar-refractivity contribution in [3.8, 4) is 5.75 Å². The predicted octanol–water partition coefficient (Wildman–Crippen LogP) is 2.98. The average molecular weight is 480 g/mol. The Balaban J connectivity index is 0.00000256. The summed E-state index contributed by atoms with van der Waals surface area (Å²) in [5.41, 5.74) is 7.80. The van der Waals surface area contributed by atoms with Gasteiger partial charge in [-0.2, -0.15) is 0 Å². The molecule has 0 bridgehead atoms. The molecule has 0 fully saturated rings. The van der Waals surface area contributed by atoms with E-state index in [4.69, 9.17) is 14.8 Å². The fraction of sp³-hybridized carbons (Fsp3) is 0.455. The maximum absolute atomic E-state index is 7.32. The van der Waals surface area contributed by atoms with Crippen molar-refractivity contribution in [2.75, 3.05) is 34.3 Å². The van der Waals surface area contributed by atoms with Crippen LogP contribution in [0.15, 0.2) is 24.3 Å². The number of nitrogens with zero attached hydrogens (tertiary/aromatic N) is 1. The second kappa shape index (κ2) is 8.35. The number of quaternary nitrogens is 1. The fourth-order valence-corrected chi connectivity index (χ4v) is 1.43. The van der Waals surface area contributed by atoms with Crippen molar-refractivity contribution in [2.45, 2.75) is 0 Å². The van der Waals surface area contributed by atoms with Crippen LogP contribution in [0.1, 0.15) is 0 Å². The zero-order valence-electron chi connectivity index (χ0n) is 10.5. The van der Waals surface area contributed by atoms with E-state index in [1.165, 1.54) is 0 Å². The molecular weight excluding hydrogens is 461 g/mol. The number of hydrogen-bond donors (Lipinski definition) is 0. The van der Waals surface area contributed by atoms with Gasteiger partial charge in [0.25, 0.3) is 0 Å². The van der Waals surface area contributed by atoms with Crippen molar-refractivity contribution in [2.24, 2.45) is 0 Å². The zero-order chi connectivity index (χ0) is 12.0. The maximum Gasteiger partial charge on any atom is 0.215 e. The molecule has 1 atom stereocenters.